The lowest BCUT2D eigenvalue weighted by Gasteiger charge is -2.28. The zero-order chi connectivity index (χ0) is 31.2. The number of anilines is 1. The van der Waals surface area contributed by atoms with Gasteiger partial charge in [0.05, 0.1) is 24.2 Å². The number of halogens is 6. The number of benzene rings is 3. The van der Waals surface area contributed by atoms with Gasteiger partial charge in [-0.2, -0.15) is 26.3 Å². The van der Waals surface area contributed by atoms with E-state index in [1.165, 1.54) is 31.4 Å². The Morgan fingerprint density at radius 2 is 1.31 bits per heavy atom. The number of rotatable bonds is 11. The van der Waals surface area contributed by atoms with Crippen LogP contribution in [0.2, 0.25) is 0 Å². The van der Waals surface area contributed by atoms with Crippen LogP contribution in [0.5, 0.6) is 0 Å². The summed E-state index contributed by atoms with van der Waals surface area (Å²) in [6, 6.07) is 15.4. The van der Waals surface area contributed by atoms with Crippen LogP contribution in [0.3, 0.4) is 0 Å². The molecule has 0 saturated carbocycles. The van der Waals surface area contributed by atoms with Crippen LogP contribution in [0.25, 0.3) is 11.1 Å². The number of hydrogen-bond acceptors (Lipinski definition) is 3. The van der Waals surface area contributed by atoms with Crippen LogP contribution in [0.1, 0.15) is 68.7 Å². The van der Waals surface area contributed by atoms with Crippen molar-refractivity contribution in [2.75, 3.05) is 18.6 Å². The van der Waals surface area contributed by atoms with Gasteiger partial charge in [0.1, 0.15) is 0 Å². The fourth-order valence-electron chi connectivity index (χ4n) is 4.75. The topological polar surface area (TPSA) is 29.5 Å². The van der Waals surface area contributed by atoms with E-state index >= 15 is 0 Å². The molecule has 0 aliphatic heterocycles. The largest absolute Gasteiger partial charge is 0.469 e. The molecule has 228 valence electrons. The van der Waals surface area contributed by atoms with Gasteiger partial charge >= 0.3 is 18.3 Å². The number of carbonyl (C=O) groups is 1. The molecule has 0 amide bonds. The lowest BCUT2D eigenvalue weighted by atomic mass is 9.87. The molecule has 0 aromatic heterocycles. The van der Waals surface area contributed by atoms with E-state index in [0.29, 0.717) is 53.4 Å². The molecule has 1 unspecified atom stereocenters. The van der Waals surface area contributed by atoms with Crippen molar-refractivity contribution in [3.63, 3.8) is 0 Å². The van der Waals surface area contributed by atoms with Crippen LogP contribution >= 0.6 is 0 Å². The van der Waals surface area contributed by atoms with Crippen LogP contribution in [0.4, 0.5) is 32.0 Å². The number of ether oxygens (including phenoxy) is 1. The third kappa shape index (κ3) is 9.00. The molecule has 9 heteroatoms. The van der Waals surface area contributed by atoms with E-state index in [1.54, 1.807) is 6.07 Å². The van der Waals surface area contributed by atoms with E-state index in [2.05, 4.69) is 13.8 Å². The molecular weight excluding hydrogens is 556 g/mol. The fourth-order valence-corrected chi connectivity index (χ4v) is 4.75. The van der Waals surface area contributed by atoms with Crippen LogP contribution in [-0.4, -0.2) is 19.6 Å². The number of hydrogen-bond donors (Lipinski definition) is 0. The number of alkyl halides is 6. The highest BCUT2D eigenvalue weighted by Gasteiger charge is 2.31. The summed E-state index contributed by atoms with van der Waals surface area (Å²) in [6.45, 7) is 8.97. The van der Waals surface area contributed by atoms with Gasteiger partial charge < -0.3 is 9.64 Å². The van der Waals surface area contributed by atoms with E-state index in [0.717, 1.165) is 30.7 Å². The zero-order valence-electron chi connectivity index (χ0n) is 24.4. The third-order valence-corrected chi connectivity index (χ3v) is 7.08. The van der Waals surface area contributed by atoms with E-state index in [-0.39, 0.29) is 5.92 Å². The Kier molecular flexibility index (Phi) is 10.7. The summed E-state index contributed by atoms with van der Waals surface area (Å²) in [5, 5.41) is 0. The van der Waals surface area contributed by atoms with E-state index in [1.807, 2.05) is 30.9 Å². The van der Waals surface area contributed by atoms with Crippen molar-refractivity contribution >= 4 is 11.7 Å². The number of methoxy groups -OCH3 is 1. The predicted octanol–water partition coefficient (Wildman–Crippen LogP) is 9.75. The molecule has 3 aromatic carbocycles. The molecule has 42 heavy (non-hydrogen) atoms. The van der Waals surface area contributed by atoms with Gasteiger partial charge in [0, 0.05) is 18.8 Å². The molecule has 0 spiro atoms. The molecule has 3 nitrogen and oxygen atoms in total. The Hall–Kier alpha value is -3.49. The third-order valence-electron chi connectivity index (χ3n) is 7.08. The summed E-state index contributed by atoms with van der Waals surface area (Å²) in [6.07, 6.45) is -7.64. The number of nitrogens with zero attached hydrogens (tertiary/aromatic N) is 1. The zero-order valence-corrected chi connectivity index (χ0v) is 24.4. The van der Waals surface area contributed by atoms with Gasteiger partial charge in [-0.3, -0.25) is 4.79 Å². The molecule has 0 N–H and O–H groups in total. The Labute approximate surface area is 243 Å². The van der Waals surface area contributed by atoms with Gasteiger partial charge in [0.15, 0.2) is 0 Å². The van der Waals surface area contributed by atoms with Crippen molar-refractivity contribution in [1.29, 1.82) is 0 Å². The molecule has 0 aliphatic rings. The first-order valence-electron chi connectivity index (χ1n) is 13.9. The van der Waals surface area contributed by atoms with Crippen LogP contribution in [-0.2, 0) is 28.4 Å². The Balaban J connectivity index is 2.15. The first kappa shape index (κ1) is 33.0. The van der Waals surface area contributed by atoms with Crippen molar-refractivity contribution in [2.24, 2.45) is 11.8 Å². The normalized spacial score (nSPS) is 13.0. The summed E-state index contributed by atoms with van der Waals surface area (Å²) in [5.41, 5.74) is 1.69. The summed E-state index contributed by atoms with van der Waals surface area (Å²) < 4.78 is 84.3. The second-order valence-electron chi connectivity index (χ2n) is 11.4. The maximum absolute atomic E-state index is 13.2. The highest BCUT2D eigenvalue weighted by atomic mass is 19.4. The lowest BCUT2D eigenvalue weighted by Crippen LogP contribution is -2.26. The lowest BCUT2D eigenvalue weighted by molar-refractivity contribution is -0.143. The van der Waals surface area contributed by atoms with E-state index in [4.69, 9.17) is 4.74 Å². The van der Waals surface area contributed by atoms with Gasteiger partial charge in [-0.05, 0) is 83.3 Å². The molecular formula is C33H37F6NO2. The summed E-state index contributed by atoms with van der Waals surface area (Å²) >= 11 is 0. The van der Waals surface area contributed by atoms with Gasteiger partial charge in [-0.1, -0.05) is 58.0 Å². The molecule has 0 heterocycles. The molecule has 0 saturated heterocycles. The van der Waals surface area contributed by atoms with Crippen LogP contribution in [0, 0.1) is 11.8 Å². The Bertz CT molecular complexity index is 1310. The molecule has 0 bridgehead atoms. The molecule has 0 aliphatic carbocycles. The minimum Gasteiger partial charge on any atom is -0.469 e. The summed E-state index contributed by atoms with van der Waals surface area (Å²) in [5.74, 6) is -0.547. The van der Waals surface area contributed by atoms with Crippen molar-refractivity contribution in [3.8, 4) is 11.1 Å². The van der Waals surface area contributed by atoms with Gasteiger partial charge in [-0.15, -0.1) is 0 Å². The SMILES string of the molecule is COC(=O)C(CC(C)C)c1cc(-c2ccc(C(F)(F)F)cc2)cc(N(CCC(C)C)Cc2ccc(C(F)(F)F)cc2)c1. The monoisotopic (exact) mass is 593 g/mol. The van der Waals surface area contributed by atoms with Crippen LogP contribution < -0.4 is 4.90 Å². The summed E-state index contributed by atoms with van der Waals surface area (Å²) in [4.78, 5) is 14.9. The van der Waals surface area contributed by atoms with Crippen molar-refractivity contribution in [2.45, 2.75) is 65.4 Å². The predicted molar refractivity (Wildman–Crippen MR) is 153 cm³/mol. The second kappa shape index (κ2) is 13.7. The van der Waals surface area contributed by atoms with Crippen molar-refractivity contribution < 1.29 is 35.9 Å². The molecule has 0 radical (unpaired) electrons. The average molecular weight is 594 g/mol. The number of esters is 1. The standard InChI is InChI=1S/C33H37F6NO2/c1-21(2)14-15-40(20-23-6-10-27(11-7-23)32(34,35)36)29-18-25(24-8-12-28(13-9-24)33(37,38)39)17-26(19-29)30(16-22(3)4)31(41)42-5/h6-13,17-19,21-22,30H,14-16,20H2,1-5H3. The Morgan fingerprint density at radius 1 is 0.762 bits per heavy atom. The van der Waals surface area contributed by atoms with Crippen LogP contribution in [0.15, 0.2) is 66.7 Å². The van der Waals surface area contributed by atoms with E-state index in [9.17, 15) is 31.1 Å². The van der Waals surface area contributed by atoms with Crippen molar-refractivity contribution in [3.05, 3.63) is 89.0 Å². The minimum atomic E-state index is -4.48. The average Bonchev–Trinajstić information content (AvgIpc) is 2.92. The fraction of sp³-hybridized carbons (Fsp3) is 0.424. The highest BCUT2D eigenvalue weighted by molar-refractivity contribution is 5.80. The van der Waals surface area contributed by atoms with Gasteiger partial charge in [0.2, 0.25) is 0 Å². The second-order valence-corrected chi connectivity index (χ2v) is 11.4. The number of carbonyl (C=O) groups excluding carboxylic acids is 1. The highest BCUT2D eigenvalue weighted by Crippen LogP contribution is 2.36. The van der Waals surface area contributed by atoms with Gasteiger partial charge in [0.25, 0.3) is 0 Å². The van der Waals surface area contributed by atoms with E-state index < -0.39 is 35.4 Å². The quantitative estimate of drug-likeness (QED) is 0.164. The smallest absolute Gasteiger partial charge is 0.416 e. The molecule has 3 aromatic rings. The maximum Gasteiger partial charge on any atom is 0.416 e. The van der Waals surface area contributed by atoms with Gasteiger partial charge in [-0.25, -0.2) is 0 Å². The minimum absolute atomic E-state index is 0.150. The Morgan fingerprint density at radius 3 is 1.79 bits per heavy atom. The maximum atomic E-state index is 13.2. The first-order chi connectivity index (χ1) is 19.6. The van der Waals surface area contributed by atoms with Crippen molar-refractivity contribution in [1.82, 2.24) is 0 Å². The molecule has 0 fully saturated rings. The molecule has 1 atom stereocenters. The first-order valence-corrected chi connectivity index (χ1v) is 13.9. The molecule has 3 rings (SSSR count). The summed E-state index contributed by atoms with van der Waals surface area (Å²) in [7, 11) is 1.32.